The van der Waals surface area contributed by atoms with Crippen molar-refractivity contribution in [3.63, 3.8) is 0 Å². The van der Waals surface area contributed by atoms with Gasteiger partial charge in [0.25, 0.3) is 0 Å². The largest absolute Gasteiger partial charge is 0.486 e. The summed E-state index contributed by atoms with van der Waals surface area (Å²) in [5.41, 5.74) is 0.671. The molecule has 0 spiro atoms. The van der Waals surface area contributed by atoms with Crippen molar-refractivity contribution in [1.82, 2.24) is 5.32 Å². The highest BCUT2D eigenvalue weighted by atomic mass is 16.6. The number of nitro groups is 1. The number of fused-ring (bicyclic) bond motifs is 1. The summed E-state index contributed by atoms with van der Waals surface area (Å²) < 4.78 is 16.4. The van der Waals surface area contributed by atoms with Crippen molar-refractivity contribution in [1.29, 1.82) is 0 Å². The molecule has 0 saturated carbocycles. The lowest BCUT2D eigenvalue weighted by Crippen LogP contribution is -2.33. The normalized spacial score (nSPS) is 22.0. The number of hydrogen-bond donors (Lipinski definition) is 1. The van der Waals surface area contributed by atoms with Crippen LogP contribution >= 0.6 is 0 Å². The van der Waals surface area contributed by atoms with Crippen molar-refractivity contribution in [2.24, 2.45) is 0 Å². The van der Waals surface area contributed by atoms with Crippen LogP contribution in [0.4, 0.5) is 5.69 Å². The molecule has 1 aromatic carbocycles. The first kappa shape index (κ1) is 12.2. The van der Waals surface area contributed by atoms with Crippen LogP contribution in [0.15, 0.2) is 12.1 Å². The van der Waals surface area contributed by atoms with Crippen LogP contribution in [0, 0.1) is 10.1 Å². The van der Waals surface area contributed by atoms with E-state index < -0.39 is 4.92 Å². The third-order valence-corrected chi connectivity index (χ3v) is 3.14. The molecule has 0 amide bonds. The SMILES string of the molecule is O=[N+]([O-])c1cc(C2CNCCO2)cc2c1OCCO2. The molecule has 1 saturated heterocycles. The second kappa shape index (κ2) is 5.02. The predicted octanol–water partition coefficient (Wildman–Crippen LogP) is 1.03. The van der Waals surface area contributed by atoms with Gasteiger partial charge in [-0.1, -0.05) is 0 Å². The Hall–Kier alpha value is -1.86. The second-order valence-electron chi connectivity index (χ2n) is 4.38. The van der Waals surface area contributed by atoms with Crippen molar-refractivity contribution >= 4 is 5.69 Å². The Morgan fingerprint density at radius 2 is 2.11 bits per heavy atom. The number of ether oxygens (including phenoxy) is 3. The third kappa shape index (κ3) is 2.34. The van der Waals surface area contributed by atoms with Crippen LogP contribution in [-0.2, 0) is 4.74 Å². The van der Waals surface area contributed by atoms with E-state index in [-0.39, 0.29) is 17.5 Å². The molecular formula is C12H14N2O5. The summed E-state index contributed by atoms with van der Waals surface area (Å²) in [6, 6.07) is 3.27. The Morgan fingerprint density at radius 3 is 2.84 bits per heavy atom. The van der Waals surface area contributed by atoms with Gasteiger partial charge in [-0.15, -0.1) is 0 Å². The summed E-state index contributed by atoms with van der Waals surface area (Å²) in [7, 11) is 0. The first-order valence-corrected chi connectivity index (χ1v) is 6.16. The Balaban J connectivity index is 2.00. The molecule has 2 heterocycles. The molecular weight excluding hydrogens is 252 g/mol. The number of hydrogen-bond acceptors (Lipinski definition) is 6. The molecule has 7 heteroatoms. The molecule has 0 bridgehead atoms. The molecule has 0 aromatic heterocycles. The first-order valence-electron chi connectivity index (χ1n) is 6.16. The summed E-state index contributed by atoms with van der Waals surface area (Å²) in [6.07, 6.45) is -0.191. The molecule has 2 aliphatic rings. The van der Waals surface area contributed by atoms with Gasteiger partial charge in [0.15, 0.2) is 5.75 Å². The topological polar surface area (TPSA) is 82.9 Å². The van der Waals surface area contributed by atoms with Crippen molar-refractivity contribution in [2.45, 2.75) is 6.10 Å². The zero-order valence-corrected chi connectivity index (χ0v) is 10.3. The minimum absolute atomic E-state index is 0.0682. The minimum Gasteiger partial charge on any atom is -0.486 e. The maximum absolute atomic E-state index is 11.1. The van der Waals surface area contributed by atoms with Crippen LogP contribution in [0.3, 0.4) is 0 Å². The van der Waals surface area contributed by atoms with Gasteiger partial charge in [-0.2, -0.15) is 0 Å². The zero-order chi connectivity index (χ0) is 13.2. The van der Waals surface area contributed by atoms with Crippen molar-refractivity contribution in [3.05, 3.63) is 27.8 Å². The molecule has 1 aromatic rings. The Bertz CT molecular complexity index is 499. The van der Waals surface area contributed by atoms with Crippen molar-refractivity contribution in [2.75, 3.05) is 32.9 Å². The summed E-state index contributed by atoms with van der Waals surface area (Å²) in [5.74, 6) is 0.633. The quantitative estimate of drug-likeness (QED) is 0.635. The maximum atomic E-state index is 11.1. The van der Waals surface area contributed by atoms with Crippen LogP contribution in [0.5, 0.6) is 11.5 Å². The average molecular weight is 266 g/mol. The van der Waals surface area contributed by atoms with Crippen molar-refractivity contribution in [3.8, 4) is 11.5 Å². The van der Waals surface area contributed by atoms with Gasteiger partial charge in [-0.3, -0.25) is 10.1 Å². The van der Waals surface area contributed by atoms with E-state index in [4.69, 9.17) is 14.2 Å². The lowest BCUT2D eigenvalue weighted by atomic mass is 10.1. The Labute approximate surface area is 109 Å². The molecule has 1 atom stereocenters. The van der Waals surface area contributed by atoms with Crippen molar-refractivity contribution < 1.29 is 19.1 Å². The Kier molecular flexibility index (Phi) is 3.22. The molecule has 0 aliphatic carbocycles. The highest BCUT2D eigenvalue weighted by molar-refractivity contribution is 5.59. The number of nitrogens with one attached hydrogen (secondary N) is 1. The number of rotatable bonds is 2. The van der Waals surface area contributed by atoms with Gasteiger partial charge in [0.05, 0.1) is 17.6 Å². The highest BCUT2D eigenvalue weighted by Crippen LogP contribution is 2.41. The second-order valence-corrected chi connectivity index (χ2v) is 4.38. The van der Waals surface area contributed by atoms with Gasteiger partial charge in [-0.05, 0) is 11.6 Å². The molecule has 0 radical (unpaired) electrons. The van der Waals surface area contributed by atoms with Gasteiger partial charge < -0.3 is 19.5 Å². The summed E-state index contributed by atoms with van der Waals surface area (Å²) in [6.45, 7) is 2.75. The fourth-order valence-electron chi connectivity index (χ4n) is 2.26. The van der Waals surface area contributed by atoms with Crippen LogP contribution in [0.25, 0.3) is 0 Å². The molecule has 1 fully saturated rings. The smallest absolute Gasteiger partial charge is 0.315 e. The maximum Gasteiger partial charge on any atom is 0.315 e. The van der Waals surface area contributed by atoms with E-state index in [1.165, 1.54) is 6.07 Å². The van der Waals surface area contributed by atoms with E-state index in [2.05, 4.69) is 5.32 Å². The number of morpholine rings is 1. The molecule has 2 aliphatic heterocycles. The van der Waals surface area contributed by atoms with E-state index in [0.29, 0.717) is 32.1 Å². The van der Waals surface area contributed by atoms with Gasteiger partial charge in [-0.25, -0.2) is 0 Å². The van der Waals surface area contributed by atoms with E-state index in [9.17, 15) is 10.1 Å². The third-order valence-electron chi connectivity index (χ3n) is 3.14. The fraction of sp³-hybridized carbons (Fsp3) is 0.500. The van der Waals surface area contributed by atoms with E-state index >= 15 is 0 Å². The van der Waals surface area contributed by atoms with Crippen LogP contribution in [0.2, 0.25) is 0 Å². The zero-order valence-electron chi connectivity index (χ0n) is 10.3. The van der Waals surface area contributed by atoms with E-state index in [0.717, 1.165) is 12.1 Å². The van der Waals surface area contributed by atoms with Gasteiger partial charge in [0, 0.05) is 19.2 Å². The monoisotopic (exact) mass is 266 g/mol. The fourth-order valence-corrected chi connectivity index (χ4v) is 2.26. The summed E-state index contributed by atoms with van der Waals surface area (Å²) in [5, 5.41) is 14.3. The molecule has 3 rings (SSSR count). The van der Waals surface area contributed by atoms with E-state index in [1.54, 1.807) is 6.07 Å². The van der Waals surface area contributed by atoms with Gasteiger partial charge >= 0.3 is 5.69 Å². The predicted molar refractivity (Wildman–Crippen MR) is 65.6 cm³/mol. The van der Waals surface area contributed by atoms with Gasteiger partial charge in [0.2, 0.25) is 5.75 Å². The molecule has 7 nitrogen and oxygen atoms in total. The standard InChI is InChI=1S/C12H14N2O5/c15-14(16)9-5-8(11-7-13-1-2-17-11)6-10-12(9)19-4-3-18-10/h5-6,11,13H,1-4,7H2. The highest BCUT2D eigenvalue weighted by Gasteiger charge is 2.28. The molecule has 102 valence electrons. The lowest BCUT2D eigenvalue weighted by molar-refractivity contribution is -0.386. The van der Waals surface area contributed by atoms with Crippen LogP contribution in [0.1, 0.15) is 11.7 Å². The number of nitrogens with zero attached hydrogens (tertiary/aromatic N) is 1. The average Bonchev–Trinajstić information content (AvgIpc) is 2.47. The lowest BCUT2D eigenvalue weighted by Gasteiger charge is -2.25. The number of nitro benzene ring substituents is 1. The molecule has 19 heavy (non-hydrogen) atoms. The Morgan fingerprint density at radius 1 is 1.26 bits per heavy atom. The minimum atomic E-state index is -0.451. The summed E-state index contributed by atoms with van der Waals surface area (Å²) >= 11 is 0. The van der Waals surface area contributed by atoms with Crippen LogP contribution in [-0.4, -0.2) is 37.8 Å². The first-order chi connectivity index (χ1) is 9.25. The van der Waals surface area contributed by atoms with Crippen LogP contribution < -0.4 is 14.8 Å². The van der Waals surface area contributed by atoms with E-state index in [1.807, 2.05) is 0 Å². The summed E-state index contributed by atoms with van der Waals surface area (Å²) in [4.78, 5) is 10.7. The molecule has 1 unspecified atom stereocenters. The number of benzene rings is 1. The van der Waals surface area contributed by atoms with Gasteiger partial charge in [0.1, 0.15) is 13.2 Å². The molecule has 1 N–H and O–H groups in total.